The number of aryl methyl sites for hydroxylation is 1. The minimum Gasteiger partial charge on any atom is -0.459 e. The smallest absolute Gasteiger partial charge is 0.222 e. The van der Waals surface area contributed by atoms with Crippen LogP contribution >= 0.6 is 0 Å². The van der Waals surface area contributed by atoms with E-state index in [2.05, 4.69) is 10.4 Å². The zero-order chi connectivity index (χ0) is 17.8. The second kappa shape index (κ2) is 7.27. The number of aromatic nitrogens is 2. The van der Waals surface area contributed by atoms with Crippen molar-refractivity contribution in [3.8, 4) is 0 Å². The number of carbonyl (C=O) groups is 1. The molecule has 4 aromatic rings. The maximum absolute atomic E-state index is 12.5. The van der Waals surface area contributed by atoms with E-state index in [1.54, 1.807) is 10.9 Å². The van der Waals surface area contributed by atoms with Crippen molar-refractivity contribution in [1.29, 1.82) is 0 Å². The topological polar surface area (TPSA) is 60.1 Å². The molecule has 0 fully saturated rings. The number of nitrogens with one attached hydrogen (secondary N) is 1. The average Bonchev–Trinajstić information content (AvgIpc) is 3.34. The highest BCUT2D eigenvalue weighted by Gasteiger charge is 2.20. The van der Waals surface area contributed by atoms with Gasteiger partial charge in [0.15, 0.2) is 0 Å². The van der Waals surface area contributed by atoms with Gasteiger partial charge in [-0.05, 0) is 23.8 Å². The molecule has 1 N–H and O–H groups in total. The summed E-state index contributed by atoms with van der Waals surface area (Å²) in [6.07, 6.45) is 3.91. The normalized spacial score (nSPS) is 12.2. The standard InChI is InChI=1S/C21H19N3O2/c25-20(11-14-24-13-6-12-22-24)23-21(16-7-2-1-3-8-16)19-15-17-9-4-5-10-18(17)26-19/h1-10,12-13,15,21H,11,14H2,(H,23,25). The molecular formula is C21H19N3O2. The maximum atomic E-state index is 12.5. The summed E-state index contributed by atoms with van der Waals surface area (Å²) in [5, 5.41) is 8.25. The Balaban J connectivity index is 1.57. The molecule has 5 heteroatoms. The van der Waals surface area contributed by atoms with Gasteiger partial charge in [0.2, 0.25) is 5.91 Å². The van der Waals surface area contributed by atoms with Crippen molar-refractivity contribution in [1.82, 2.24) is 15.1 Å². The minimum atomic E-state index is -0.325. The molecule has 4 rings (SSSR count). The first-order valence-electron chi connectivity index (χ1n) is 8.60. The molecule has 0 saturated carbocycles. The van der Waals surface area contributed by atoms with Crippen LogP contribution in [0, 0.1) is 0 Å². The fourth-order valence-corrected chi connectivity index (χ4v) is 2.99. The summed E-state index contributed by atoms with van der Waals surface area (Å²) in [6.45, 7) is 0.542. The highest BCUT2D eigenvalue weighted by molar-refractivity contribution is 5.79. The number of amides is 1. The van der Waals surface area contributed by atoms with Crippen molar-refractivity contribution in [2.24, 2.45) is 0 Å². The number of para-hydroxylation sites is 1. The van der Waals surface area contributed by atoms with E-state index in [0.29, 0.717) is 13.0 Å². The van der Waals surface area contributed by atoms with E-state index in [4.69, 9.17) is 4.42 Å². The molecule has 0 aliphatic heterocycles. The number of rotatable bonds is 6. The molecule has 2 aromatic heterocycles. The highest BCUT2D eigenvalue weighted by Crippen LogP contribution is 2.28. The Morgan fingerprint density at radius 2 is 1.88 bits per heavy atom. The fraction of sp³-hybridized carbons (Fsp3) is 0.143. The monoisotopic (exact) mass is 345 g/mol. The van der Waals surface area contributed by atoms with E-state index in [1.165, 1.54) is 0 Å². The number of benzene rings is 2. The van der Waals surface area contributed by atoms with E-state index in [-0.39, 0.29) is 11.9 Å². The number of hydrogen-bond acceptors (Lipinski definition) is 3. The summed E-state index contributed by atoms with van der Waals surface area (Å²) in [4.78, 5) is 12.5. The van der Waals surface area contributed by atoms with Crippen molar-refractivity contribution >= 4 is 16.9 Å². The van der Waals surface area contributed by atoms with Crippen LogP contribution in [0.2, 0.25) is 0 Å². The summed E-state index contributed by atoms with van der Waals surface area (Å²) < 4.78 is 7.75. The van der Waals surface area contributed by atoms with Gasteiger partial charge in [0.05, 0.1) is 0 Å². The summed E-state index contributed by atoms with van der Waals surface area (Å²) in [5.74, 6) is 0.680. The number of carbonyl (C=O) groups excluding carboxylic acids is 1. The first kappa shape index (κ1) is 16.1. The van der Waals surface area contributed by atoms with Gasteiger partial charge >= 0.3 is 0 Å². The van der Waals surface area contributed by atoms with E-state index < -0.39 is 0 Å². The van der Waals surface area contributed by atoms with Gasteiger partial charge in [-0.3, -0.25) is 9.48 Å². The van der Waals surface area contributed by atoms with Crippen LogP contribution in [0.4, 0.5) is 0 Å². The van der Waals surface area contributed by atoms with Crippen molar-refractivity contribution < 1.29 is 9.21 Å². The van der Waals surface area contributed by atoms with Crippen LogP contribution < -0.4 is 5.32 Å². The molecule has 1 unspecified atom stereocenters. The Morgan fingerprint density at radius 3 is 2.65 bits per heavy atom. The van der Waals surface area contributed by atoms with Crippen LogP contribution in [0.25, 0.3) is 11.0 Å². The number of nitrogens with zero attached hydrogens (tertiary/aromatic N) is 2. The second-order valence-electron chi connectivity index (χ2n) is 6.12. The number of furan rings is 1. The molecule has 5 nitrogen and oxygen atoms in total. The second-order valence-corrected chi connectivity index (χ2v) is 6.12. The summed E-state index contributed by atoms with van der Waals surface area (Å²) >= 11 is 0. The van der Waals surface area contributed by atoms with Crippen molar-refractivity contribution in [2.45, 2.75) is 19.0 Å². The van der Waals surface area contributed by atoms with E-state index in [0.717, 1.165) is 22.3 Å². The average molecular weight is 345 g/mol. The van der Waals surface area contributed by atoms with Crippen molar-refractivity contribution in [2.75, 3.05) is 0 Å². The fourth-order valence-electron chi connectivity index (χ4n) is 2.99. The summed E-state index contributed by atoms with van der Waals surface area (Å²) in [7, 11) is 0. The molecule has 1 atom stereocenters. The zero-order valence-corrected chi connectivity index (χ0v) is 14.2. The Bertz CT molecular complexity index is 957. The van der Waals surface area contributed by atoms with Crippen LogP contribution in [0.1, 0.15) is 23.8 Å². The lowest BCUT2D eigenvalue weighted by atomic mass is 10.0. The maximum Gasteiger partial charge on any atom is 0.222 e. The molecule has 0 saturated heterocycles. The molecule has 0 spiro atoms. The van der Waals surface area contributed by atoms with Crippen molar-refractivity contribution in [3.63, 3.8) is 0 Å². The van der Waals surface area contributed by atoms with Crippen LogP contribution in [0.15, 0.2) is 83.5 Å². The summed E-state index contributed by atoms with van der Waals surface area (Å²) in [5.41, 5.74) is 1.80. The molecule has 0 radical (unpaired) electrons. The third kappa shape index (κ3) is 3.52. The largest absolute Gasteiger partial charge is 0.459 e. The van der Waals surface area contributed by atoms with Gasteiger partial charge < -0.3 is 9.73 Å². The molecule has 0 bridgehead atoms. The van der Waals surface area contributed by atoms with Gasteiger partial charge in [0.1, 0.15) is 17.4 Å². The third-order valence-electron chi connectivity index (χ3n) is 4.29. The van der Waals surface area contributed by atoms with Crippen molar-refractivity contribution in [3.05, 3.63) is 90.4 Å². The molecule has 130 valence electrons. The Labute approximate surface area is 151 Å². The Kier molecular flexibility index (Phi) is 4.51. The van der Waals surface area contributed by atoms with Crippen LogP contribution in [0.5, 0.6) is 0 Å². The van der Waals surface area contributed by atoms with Gasteiger partial charge in [0, 0.05) is 30.7 Å². The predicted molar refractivity (Wildman–Crippen MR) is 99.5 cm³/mol. The lowest BCUT2D eigenvalue weighted by molar-refractivity contribution is -0.122. The molecule has 0 aliphatic carbocycles. The van der Waals surface area contributed by atoms with Gasteiger partial charge in [0.25, 0.3) is 0 Å². The van der Waals surface area contributed by atoms with E-state index in [9.17, 15) is 4.79 Å². The van der Waals surface area contributed by atoms with Gasteiger partial charge in [-0.25, -0.2) is 0 Å². The van der Waals surface area contributed by atoms with E-state index in [1.807, 2.05) is 72.9 Å². The molecular weight excluding hydrogens is 326 g/mol. The number of fused-ring (bicyclic) bond motifs is 1. The van der Waals surface area contributed by atoms with Crippen LogP contribution in [-0.4, -0.2) is 15.7 Å². The first-order chi connectivity index (χ1) is 12.8. The third-order valence-corrected chi connectivity index (χ3v) is 4.29. The quantitative estimate of drug-likeness (QED) is 0.576. The molecule has 1 amide bonds. The SMILES string of the molecule is O=C(CCn1cccn1)NC(c1ccccc1)c1cc2ccccc2o1. The zero-order valence-electron chi connectivity index (χ0n) is 14.2. The molecule has 2 heterocycles. The molecule has 2 aromatic carbocycles. The lowest BCUT2D eigenvalue weighted by Gasteiger charge is -2.17. The highest BCUT2D eigenvalue weighted by atomic mass is 16.3. The van der Waals surface area contributed by atoms with Gasteiger partial charge in [-0.2, -0.15) is 5.10 Å². The Morgan fingerprint density at radius 1 is 1.08 bits per heavy atom. The number of hydrogen-bond donors (Lipinski definition) is 1. The minimum absolute atomic E-state index is 0.0465. The molecule has 0 aliphatic rings. The van der Waals surface area contributed by atoms with E-state index >= 15 is 0 Å². The van der Waals surface area contributed by atoms with Gasteiger partial charge in [-0.1, -0.05) is 48.5 Å². The van der Waals surface area contributed by atoms with Crippen LogP contribution in [-0.2, 0) is 11.3 Å². The summed E-state index contributed by atoms with van der Waals surface area (Å²) in [6, 6.07) is 21.2. The van der Waals surface area contributed by atoms with Crippen LogP contribution in [0.3, 0.4) is 0 Å². The first-order valence-corrected chi connectivity index (χ1v) is 8.60. The Hall–Kier alpha value is -3.34. The van der Waals surface area contributed by atoms with Gasteiger partial charge in [-0.15, -0.1) is 0 Å². The lowest BCUT2D eigenvalue weighted by Crippen LogP contribution is -2.29. The predicted octanol–water partition coefficient (Wildman–Crippen LogP) is 3.93. The molecule has 26 heavy (non-hydrogen) atoms.